The van der Waals surface area contributed by atoms with Crippen LogP contribution < -0.4 is 0 Å². The number of hydrogen-bond donors (Lipinski definition) is 2. The first-order chi connectivity index (χ1) is 7.83. The van der Waals surface area contributed by atoms with E-state index < -0.39 is 22.0 Å². The lowest BCUT2D eigenvalue weighted by atomic mass is 9.74. The van der Waals surface area contributed by atoms with Gasteiger partial charge in [-0.1, -0.05) is 65.2 Å². The van der Waals surface area contributed by atoms with Gasteiger partial charge in [0, 0.05) is 10.8 Å². The molecular weight excluding hydrogens is 224 g/mol. The molecule has 0 bridgehead atoms. The predicted molar refractivity (Wildman–Crippen MR) is 74.3 cm³/mol. The van der Waals surface area contributed by atoms with Gasteiger partial charge in [-0.25, -0.2) is 0 Å². The Labute approximate surface area is 111 Å². The summed E-state index contributed by atoms with van der Waals surface area (Å²) in [5.41, 5.74) is -4.55. The molecule has 2 atom stereocenters. The van der Waals surface area contributed by atoms with Crippen molar-refractivity contribution in [1.29, 1.82) is 0 Å². The van der Waals surface area contributed by atoms with Gasteiger partial charge in [-0.15, -0.1) is 12.8 Å². The van der Waals surface area contributed by atoms with Crippen molar-refractivity contribution in [1.82, 2.24) is 0 Å². The van der Waals surface area contributed by atoms with Crippen LogP contribution in [0.3, 0.4) is 0 Å². The molecule has 2 nitrogen and oxygen atoms in total. The molecule has 0 rings (SSSR count). The molecule has 0 aromatic carbocycles. The third kappa shape index (κ3) is 3.08. The highest BCUT2D eigenvalue weighted by Crippen LogP contribution is 2.32. The second-order valence-electron chi connectivity index (χ2n) is 6.46. The quantitative estimate of drug-likeness (QED) is 0.640. The van der Waals surface area contributed by atoms with E-state index in [0.717, 1.165) is 0 Å². The lowest BCUT2D eigenvalue weighted by Crippen LogP contribution is -2.43. The van der Waals surface area contributed by atoms with Gasteiger partial charge in [-0.2, -0.15) is 0 Å². The second-order valence-corrected chi connectivity index (χ2v) is 6.46. The molecule has 2 N–H and O–H groups in total. The van der Waals surface area contributed by atoms with Gasteiger partial charge in [0.1, 0.15) is 0 Å². The zero-order chi connectivity index (χ0) is 14.8. The summed E-state index contributed by atoms with van der Waals surface area (Å²) in [7, 11) is 0. The van der Waals surface area contributed by atoms with E-state index in [9.17, 15) is 10.2 Å². The first kappa shape index (κ1) is 16.6. The van der Waals surface area contributed by atoms with Gasteiger partial charge >= 0.3 is 0 Å². The maximum atomic E-state index is 10.3. The Kier molecular flexibility index (Phi) is 4.33. The fourth-order valence-electron chi connectivity index (χ4n) is 1.06. The van der Waals surface area contributed by atoms with Gasteiger partial charge in [0.05, 0.1) is 0 Å². The van der Waals surface area contributed by atoms with Gasteiger partial charge in [-0.3, -0.25) is 0 Å². The van der Waals surface area contributed by atoms with E-state index in [1.165, 1.54) is 0 Å². The highest BCUT2D eigenvalue weighted by molar-refractivity contribution is 5.38. The van der Waals surface area contributed by atoms with Crippen molar-refractivity contribution < 1.29 is 10.2 Å². The Morgan fingerprint density at radius 1 is 0.667 bits per heavy atom. The second kappa shape index (κ2) is 4.70. The summed E-state index contributed by atoms with van der Waals surface area (Å²) < 4.78 is 0. The van der Waals surface area contributed by atoms with Crippen molar-refractivity contribution in [2.45, 2.75) is 52.7 Å². The van der Waals surface area contributed by atoms with Crippen LogP contribution in [0, 0.1) is 47.4 Å². The molecule has 2 unspecified atom stereocenters. The first-order valence-electron chi connectivity index (χ1n) is 5.77. The van der Waals surface area contributed by atoms with E-state index in [-0.39, 0.29) is 0 Å². The fraction of sp³-hybridized carbons (Fsp3) is 0.625. The Balaban J connectivity index is 5.71. The number of aliphatic hydroxyl groups is 2. The molecule has 0 heterocycles. The van der Waals surface area contributed by atoms with Crippen LogP contribution in [0.1, 0.15) is 41.5 Å². The van der Waals surface area contributed by atoms with Crippen LogP contribution >= 0.6 is 0 Å². The van der Waals surface area contributed by atoms with Crippen LogP contribution in [0.4, 0.5) is 0 Å². The molecule has 18 heavy (non-hydrogen) atoms. The van der Waals surface area contributed by atoms with Crippen molar-refractivity contribution in [3.05, 3.63) is 0 Å². The minimum atomic E-state index is -1.64. The molecule has 0 aromatic rings. The van der Waals surface area contributed by atoms with E-state index >= 15 is 0 Å². The van der Waals surface area contributed by atoms with Crippen molar-refractivity contribution in [3.63, 3.8) is 0 Å². The van der Waals surface area contributed by atoms with Gasteiger partial charge < -0.3 is 10.2 Å². The maximum Gasteiger partial charge on any atom is 0.192 e. The molecule has 0 fully saturated rings. The van der Waals surface area contributed by atoms with E-state index in [0.29, 0.717) is 0 Å². The van der Waals surface area contributed by atoms with Crippen LogP contribution in [0.15, 0.2) is 0 Å². The topological polar surface area (TPSA) is 40.5 Å². The molecule has 0 saturated heterocycles. The summed E-state index contributed by atoms with van der Waals surface area (Å²) in [5.74, 6) is 9.66. The molecule has 2 heteroatoms. The number of hydrogen-bond acceptors (Lipinski definition) is 2. The van der Waals surface area contributed by atoms with Gasteiger partial charge in [0.15, 0.2) is 11.2 Å². The minimum absolute atomic E-state index is 0.637. The van der Waals surface area contributed by atoms with Crippen molar-refractivity contribution in [3.8, 4) is 36.5 Å². The average Bonchev–Trinajstić information content (AvgIpc) is 2.22. The minimum Gasteiger partial charge on any atom is -0.367 e. The first-order valence-corrected chi connectivity index (χ1v) is 5.77. The summed E-state index contributed by atoms with van der Waals surface area (Å²) >= 11 is 0. The monoisotopic (exact) mass is 246 g/mol. The maximum absolute atomic E-state index is 10.3. The molecule has 0 aromatic heterocycles. The van der Waals surface area contributed by atoms with Crippen LogP contribution in [-0.2, 0) is 0 Å². The fourth-order valence-corrected chi connectivity index (χ4v) is 1.06. The number of terminal acetylenes is 2. The van der Waals surface area contributed by atoms with E-state index in [2.05, 4.69) is 23.7 Å². The molecule has 0 amide bonds. The average molecular weight is 246 g/mol. The summed E-state index contributed by atoms with van der Waals surface area (Å²) in [4.78, 5) is 0. The van der Waals surface area contributed by atoms with Crippen LogP contribution in [0.5, 0.6) is 0 Å². The molecule has 0 aliphatic carbocycles. The summed E-state index contributed by atoms with van der Waals surface area (Å²) in [6, 6.07) is 0. The SMILES string of the molecule is C#CC(O)(C#CC(O)(C#C)C(C)(C)C)C(C)(C)C. The standard InChI is InChI=1S/C16H22O2/c1-9-15(17,13(3,4)5)11-12-16(18,10-2)14(6,7)8/h1-2,17-18H,3-8H3. The summed E-state index contributed by atoms with van der Waals surface area (Å²) in [5, 5.41) is 20.6. The zero-order valence-corrected chi connectivity index (χ0v) is 12.0. The Hall–Kier alpha value is -1.40. The predicted octanol–water partition coefficient (Wildman–Crippen LogP) is 1.81. The third-order valence-corrected chi connectivity index (χ3v) is 3.01. The molecule has 0 aliphatic rings. The summed E-state index contributed by atoms with van der Waals surface area (Å²) in [6.45, 7) is 10.6. The van der Waals surface area contributed by atoms with Gasteiger partial charge in [0.25, 0.3) is 0 Å². The van der Waals surface area contributed by atoms with Gasteiger partial charge in [-0.05, 0) is 0 Å². The molecule has 98 valence electrons. The Morgan fingerprint density at radius 3 is 1.00 bits per heavy atom. The summed E-state index contributed by atoms with van der Waals surface area (Å²) in [6.07, 6.45) is 10.7. The Bertz CT molecular complexity index is 409. The van der Waals surface area contributed by atoms with Crippen LogP contribution in [0.2, 0.25) is 0 Å². The molecule has 0 radical (unpaired) electrons. The van der Waals surface area contributed by atoms with Crippen molar-refractivity contribution in [2.75, 3.05) is 0 Å². The Morgan fingerprint density at radius 2 is 0.889 bits per heavy atom. The highest BCUT2D eigenvalue weighted by Gasteiger charge is 2.40. The van der Waals surface area contributed by atoms with Crippen molar-refractivity contribution >= 4 is 0 Å². The largest absolute Gasteiger partial charge is 0.367 e. The smallest absolute Gasteiger partial charge is 0.192 e. The molecule has 0 spiro atoms. The highest BCUT2D eigenvalue weighted by atomic mass is 16.3. The van der Waals surface area contributed by atoms with Crippen LogP contribution in [-0.4, -0.2) is 21.4 Å². The van der Waals surface area contributed by atoms with E-state index in [1.54, 1.807) is 41.5 Å². The van der Waals surface area contributed by atoms with Gasteiger partial charge in [0.2, 0.25) is 0 Å². The third-order valence-electron chi connectivity index (χ3n) is 3.01. The molecule has 0 aliphatic heterocycles. The lowest BCUT2D eigenvalue weighted by molar-refractivity contribution is 0.0389. The van der Waals surface area contributed by atoms with Crippen LogP contribution in [0.25, 0.3) is 0 Å². The molecular formula is C16H22O2. The lowest BCUT2D eigenvalue weighted by Gasteiger charge is -2.34. The molecule has 0 saturated carbocycles. The van der Waals surface area contributed by atoms with E-state index in [1.807, 2.05) is 0 Å². The number of rotatable bonds is 0. The van der Waals surface area contributed by atoms with Crippen molar-refractivity contribution in [2.24, 2.45) is 10.8 Å². The normalized spacial score (nSPS) is 18.3. The zero-order valence-electron chi connectivity index (χ0n) is 12.0. The van der Waals surface area contributed by atoms with E-state index in [4.69, 9.17) is 12.8 Å².